The number of benzene rings is 1. The normalized spacial score (nSPS) is 10.8. The van der Waals surface area contributed by atoms with Crippen molar-refractivity contribution in [1.29, 1.82) is 5.26 Å². The van der Waals surface area contributed by atoms with Gasteiger partial charge in [-0.2, -0.15) is 10.4 Å². The van der Waals surface area contributed by atoms with E-state index in [4.69, 9.17) is 0 Å². The Bertz CT molecular complexity index is 1040. The SMILES string of the molecule is CNCc1cc(S(=O)(=O)c2ccccc2)n(-c2cccnc2C#N)n1.Cl. The summed E-state index contributed by atoms with van der Waals surface area (Å²) in [5.41, 5.74) is 0.970. The predicted molar refractivity (Wildman–Crippen MR) is 98.0 cm³/mol. The van der Waals surface area contributed by atoms with Crippen molar-refractivity contribution in [1.82, 2.24) is 20.1 Å². The molecule has 134 valence electrons. The maximum absolute atomic E-state index is 13.1. The number of nitrogens with one attached hydrogen (secondary N) is 1. The molecule has 0 radical (unpaired) electrons. The van der Waals surface area contributed by atoms with Gasteiger partial charge in [0.25, 0.3) is 0 Å². The van der Waals surface area contributed by atoms with Crippen molar-refractivity contribution < 1.29 is 8.42 Å². The van der Waals surface area contributed by atoms with Gasteiger partial charge in [-0.1, -0.05) is 18.2 Å². The average Bonchev–Trinajstić information content (AvgIpc) is 3.07. The Hall–Kier alpha value is -2.73. The molecule has 9 heteroatoms. The highest BCUT2D eigenvalue weighted by Gasteiger charge is 2.25. The quantitative estimate of drug-likeness (QED) is 0.717. The molecule has 0 fully saturated rings. The monoisotopic (exact) mass is 389 g/mol. The van der Waals surface area contributed by atoms with Crippen LogP contribution in [0.1, 0.15) is 11.4 Å². The molecule has 0 atom stereocenters. The molecule has 0 saturated carbocycles. The minimum absolute atomic E-state index is 0. The van der Waals surface area contributed by atoms with E-state index < -0.39 is 9.84 Å². The van der Waals surface area contributed by atoms with Crippen LogP contribution >= 0.6 is 12.4 Å². The van der Waals surface area contributed by atoms with Crippen molar-refractivity contribution in [3.05, 3.63) is 66.1 Å². The average molecular weight is 390 g/mol. The number of rotatable bonds is 5. The molecule has 0 unspecified atom stereocenters. The molecule has 1 aromatic carbocycles. The predicted octanol–water partition coefficient (Wildman–Crippen LogP) is 2.11. The first-order valence-corrected chi connectivity index (χ1v) is 8.95. The van der Waals surface area contributed by atoms with Crippen molar-refractivity contribution in [2.75, 3.05) is 7.05 Å². The molecule has 7 nitrogen and oxygen atoms in total. The Balaban J connectivity index is 0.00000243. The number of nitrogens with zero attached hydrogens (tertiary/aromatic N) is 4. The van der Waals surface area contributed by atoms with Gasteiger partial charge in [0.15, 0.2) is 10.7 Å². The molecule has 1 N–H and O–H groups in total. The maximum atomic E-state index is 13.1. The maximum Gasteiger partial charge on any atom is 0.223 e. The molecule has 2 aromatic heterocycles. The van der Waals surface area contributed by atoms with E-state index in [0.717, 1.165) is 0 Å². The second-order valence-corrected chi connectivity index (χ2v) is 7.11. The second-order valence-electron chi connectivity index (χ2n) is 5.22. The molecule has 0 saturated heterocycles. The van der Waals surface area contributed by atoms with Crippen molar-refractivity contribution in [2.24, 2.45) is 0 Å². The molecule has 0 aliphatic carbocycles. The van der Waals surface area contributed by atoms with E-state index in [1.165, 1.54) is 29.1 Å². The molecule has 0 amide bonds. The summed E-state index contributed by atoms with van der Waals surface area (Å²) in [6, 6.07) is 14.8. The van der Waals surface area contributed by atoms with E-state index >= 15 is 0 Å². The minimum Gasteiger partial charge on any atom is -0.314 e. The fraction of sp³-hybridized carbons (Fsp3) is 0.118. The summed E-state index contributed by atoms with van der Waals surface area (Å²) in [4.78, 5) is 4.15. The molecule has 26 heavy (non-hydrogen) atoms. The van der Waals surface area contributed by atoms with Gasteiger partial charge in [-0.05, 0) is 31.3 Å². The Morgan fingerprint density at radius 3 is 2.58 bits per heavy atom. The molecule has 0 aliphatic rings. The van der Waals surface area contributed by atoms with E-state index in [0.29, 0.717) is 17.9 Å². The first kappa shape index (κ1) is 19.6. The van der Waals surface area contributed by atoms with Gasteiger partial charge in [0.2, 0.25) is 9.84 Å². The number of hydrogen-bond acceptors (Lipinski definition) is 6. The highest BCUT2D eigenvalue weighted by atomic mass is 35.5. The number of pyridine rings is 1. The van der Waals surface area contributed by atoms with E-state index in [1.54, 1.807) is 37.4 Å². The van der Waals surface area contributed by atoms with Gasteiger partial charge < -0.3 is 5.32 Å². The van der Waals surface area contributed by atoms with Gasteiger partial charge in [-0.15, -0.1) is 12.4 Å². The summed E-state index contributed by atoms with van der Waals surface area (Å²) in [6.07, 6.45) is 1.48. The van der Waals surface area contributed by atoms with Gasteiger partial charge in [-0.25, -0.2) is 18.1 Å². The van der Waals surface area contributed by atoms with E-state index in [2.05, 4.69) is 15.4 Å². The standard InChI is InChI=1S/C17H15N5O2S.ClH/c1-19-12-13-10-17(25(23,24)14-6-3-2-4-7-14)22(21-13)16-8-5-9-20-15(16)11-18;/h2-10,19H,12H2,1H3;1H. The first-order chi connectivity index (χ1) is 12.1. The van der Waals surface area contributed by atoms with Crippen molar-refractivity contribution in [2.45, 2.75) is 16.5 Å². The van der Waals surface area contributed by atoms with Crippen molar-refractivity contribution in [3.8, 4) is 11.8 Å². The fourth-order valence-electron chi connectivity index (χ4n) is 2.42. The van der Waals surface area contributed by atoms with Crippen LogP contribution in [-0.4, -0.2) is 30.2 Å². The van der Waals surface area contributed by atoms with Crippen LogP contribution < -0.4 is 5.32 Å². The second kappa shape index (κ2) is 8.10. The zero-order chi connectivity index (χ0) is 17.9. The van der Waals surface area contributed by atoms with Crippen LogP contribution in [0.3, 0.4) is 0 Å². The fourth-order valence-corrected chi connectivity index (χ4v) is 3.83. The highest BCUT2D eigenvalue weighted by Crippen LogP contribution is 2.25. The van der Waals surface area contributed by atoms with Crippen LogP contribution in [-0.2, 0) is 16.4 Å². The topological polar surface area (TPSA) is 101 Å². The molecule has 0 aliphatic heterocycles. The van der Waals surface area contributed by atoms with Gasteiger partial charge in [0, 0.05) is 18.8 Å². The Morgan fingerprint density at radius 2 is 1.92 bits per heavy atom. The molecule has 0 bridgehead atoms. The van der Waals surface area contributed by atoms with Crippen LogP contribution in [0.2, 0.25) is 0 Å². The number of halogens is 1. The number of nitriles is 1. The van der Waals surface area contributed by atoms with Crippen LogP contribution in [0.5, 0.6) is 0 Å². The molecule has 3 rings (SSSR count). The third-order valence-corrected chi connectivity index (χ3v) is 5.27. The number of sulfone groups is 1. The summed E-state index contributed by atoms with van der Waals surface area (Å²) in [6.45, 7) is 0.395. The lowest BCUT2D eigenvalue weighted by molar-refractivity contribution is 0.585. The molecular weight excluding hydrogens is 374 g/mol. The summed E-state index contributed by atoms with van der Waals surface area (Å²) >= 11 is 0. The van der Waals surface area contributed by atoms with Gasteiger partial charge in [0.05, 0.1) is 10.6 Å². The smallest absolute Gasteiger partial charge is 0.223 e. The Kier molecular flexibility index (Phi) is 6.10. The van der Waals surface area contributed by atoms with Gasteiger partial charge in [0.1, 0.15) is 11.8 Å². The lowest BCUT2D eigenvalue weighted by Gasteiger charge is -2.09. The summed E-state index contributed by atoms with van der Waals surface area (Å²) in [5.74, 6) is 0. The van der Waals surface area contributed by atoms with E-state index in [-0.39, 0.29) is 28.0 Å². The number of hydrogen-bond donors (Lipinski definition) is 1. The summed E-state index contributed by atoms with van der Waals surface area (Å²) in [7, 11) is -2.06. The first-order valence-electron chi connectivity index (χ1n) is 7.47. The summed E-state index contributed by atoms with van der Waals surface area (Å²) in [5, 5.41) is 16.6. The number of aromatic nitrogens is 3. The van der Waals surface area contributed by atoms with Gasteiger partial charge >= 0.3 is 0 Å². The third kappa shape index (κ3) is 3.60. The molecule has 0 spiro atoms. The summed E-state index contributed by atoms with van der Waals surface area (Å²) < 4.78 is 27.4. The van der Waals surface area contributed by atoms with Crippen LogP contribution in [0.4, 0.5) is 0 Å². The molecule has 3 aromatic rings. The highest BCUT2D eigenvalue weighted by molar-refractivity contribution is 7.91. The van der Waals surface area contributed by atoms with E-state index in [9.17, 15) is 13.7 Å². The Labute approximate surface area is 157 Å². The minimum atomic E-state index is -3.80. The van der Waals surface area contributed by atoms with Crippen LogP contribution in [0.25, 0.3) is 5.69 Å². The lowest BCUT2D eigenvalue weighted by atomic mass is 10.3. The zero-order valence-corrected chi connectivity index (χ0v) is 15.5. The van der Waals surface area contributed by atoms with Crippen molar-refractivity contribution in [3.63, 3.8) is 0 Å². The van der Waals surface area contributed by atoms with Crippen molar-refractivity contribution >= 4 is 22.2 Å². The lowest BCUT2D eigenvalue weighted by Crippen LogP contribution is -2.11. The van der Waals surface area contributed by atoms with Crippen LogP contribution in [0.15, 0.2) is 64.6 Å². The van der Waals surface area contributed by atoms with Gasteiger partial charge in [-0.3, -0.25) is 0 Å². The van der Waals surface area contributed by atoms with E-state index in [1.807, 2.05) is 6.07 Å². The molecule has 2 heterocycles. The third-order valence-electron chi connectivity index (χ3n) is 3.53. The Morgan fingerprint density at radius 1 is 1.19 bits per heavy atom. The zero-order valence-electron chi connectivity index (χ0n) is 13.8. The van der Waals surface area contributed by atoms with Crippen LogP contribution in [0, 0.1) is 11.3 Å². The molecular formula is C17H16ClN5O2S. The largest absolute Gasteiger partial charge is 0.314 e.